The Balaban J connectivity index is 4.90. The van der Waals surface area contributed by atoms with Gasteiger partial charge in [0.15, 0.2) is 0 Å². The van der Waals surface area contributed by atoms with Crippen LogP contribution < -0.4 is 0 Å². The summed E-state index contributed by atoms with van der Waals surface area (Å²) in [5.41, 5.74) is 6.33. The highest BCUT2D eigenvalue weighted by Gasteiger charge is 2.08. The zero-order valence-electron chi connectivity index (χ0n) is 17.8. The third kappa shape index (κ3) is 15.0. The van der Waals surface area contributed by atoms with Gasteiger partial charge in [0.05, 0.1) is 0 Å². The molecule has 0 aromatic rings. The van der Waals surface area contributed by atoms with Gasteiger partial charge in [0.2, 0.25) is 0 Å². The lowest BCUT2D eigenvalue weighted by Crippen LogP contribution is -1.96. The number of rotatable bonds is 16. The first kappa shape index (κ1) is 24.0. The summed E-state index contributed by atoms with van der Waals surface area (Å²) in [5, 5.41) is 0. The topological polar surface area (TPSA) is 0 Å². The summed E-state index contributed by atoms with van der Waals surface area (Å²) in [6.45, 7) is 16.8. The fourth-order valence-electron chi connectivity index (χ4n) is 3.28. The van der Waals surface area contributed by atoms with Crippen molar-refractivity contribution in [3.63, 3.8) is 0 Å². The molecule has 144 valence electrons. The van der Waals surface area contributed by atoms with Crippen molar-refractivity contribution in [1.82, 2.24) is 0 Å². The van der Waals surface area contributed by atoms with Crippen molar-refractivity contribution in [3.8, 4) is 0 Å². The van der Waals surface area contributed by atoms with Crippen molar-refractivity contribution >= 4 is 0 Å². The molecule has 0 nitrogen and oxygen atoms in total. The molecule has 0 aliphatic rings. The lowest BCUT2D eigenvalue weighted by Gasteiger charge is -2.16. The molecule has 0 radical (unpaired) electrons. The summed E-state index contributed by atoms with van der Waals surface area (Å²) in [6.07, 6.45) is 21.0. The fraction of sp³-hybridized carbons (Fsp3) is 0.680. The third-order valence-electron chi connectivity index (χ3n) is 4.79. The predicted octanol–water partition coefficient (Wildman–Crippen LogP) is 9.10. The van der Waals surface area contributed by atoms with Crippen LogP contribution in [0.2, 0.25) is 0 Å². The minimum Gasteiger partial charge on any atom is -0.103 e. The molecule has 0 aromatic carbocycles. The molecule has 0 saturated carbocycles. The van der Waals surface area contributed by atoms with E-state index in [0.717, 1.165) is 6.42 Å². The average molecular weight is 345 g/mol. The molecule has 0 atom stereocenters. The van der Waals surface area contributed by atoms with E-state index in [9.17, 15) is 0 Å². The fourth-order valence-corrected chi connectivity index (χ4v) is 3.28. The molecule has 0 rings (SSSR count). The van der Waals surface area contributed by atoms with Crippen LogP contribution in [-0.2, 0) is 0 Å². The summed E-state index contributed by atoms with van der Waals surface area (Å²) in [7, 11) is 0. The first-order valence-corrected chi connectivity index (χ1v) is 10.6. The molecular formula is C25H44. The van der Waals surface area contributed by atoms with E-state index in [1.54, 1.807) is 11.1 Å². The summed E-state index contributed by atoms with van der Waals surface area (Å²) in [5.74, 6) is 0. The highest BCUT2D eigenvalue weighted by Crippen LogP contribution is 2.27. The summed E-state index contributed by atoms with van der Waals surface area (Å²) in [6, 6.07) is 0. The number of hydrogen-bond acceptors (Lipinski definition) is 0. The normalized spacial score (nSPS) is 11.8. The predicted molar refractivity (Wildman–Crippen MR) is 117 cm³/mol. The van der Waals surface area contributed by atoms with E-state index >= 15 is 0 Å². The van der Waals surface area contributed by atoms with Crippen molar-refractivity contribution in [2.75, 3.05) is 0 Å². The van der Waals surface area contributed by atoms with Crippen LogP contribution in [0.5, 0.6) is 0 Å². The molecule has 0 saturated heterocycles. The Kier molecular flexibility index (Phi) is 15.7. The van der Waals surface area contributed by atoms with Crippen molar-refractivity contribution in [2.24, 2.45) is 0 Å². The smallest absolute Gasteiger partial charge is 0.0315 e. The molecule has 0 amide bonds. The average Bonchev–Trinajstić information content (AvgIpc) is 2.56. The van der Waals surface area contributed by atoms with Gasteiger partial charge in [-0.05, 0) is 97.8 Å². The zero-order chi connectivity index (χ0) is 18.9. The molecule has 0 aromatic heterocycles. The lowest BCUT2D eigenvalue weighted by atomic mass is 9.90. The molecule has 0 unspecified atom stereocenters. The molecule has 0 fully saturated rings. The van der Waals surface area contributed by atoms with Crippen LogP contribution in [-0.4, -0.2) is 0 Å². The molecule has 0 heterocycles. The highest BCUT2D eigenvalue weighted by atomic mass is 14.1. The van der Waals surface area contributed by atoms with Gasteiger partial charge in [0, 0.05) is 0 Å². The number of unbranched alkanes of at least 4 members (excludes halogenated alkanes) is 4. The Hall–Kier alpha value is -1.04. The van der Waals surface area contributed by atoms with Gasteiger partial charge in [-0.15, -0.1) is 13.2 Å². The maximum Gasteiger partial charge on any atom is -0.0315 e. The van der Waals surface area contributed by atoms with Gasteiger partial charge in [-0.1, -0.05) is 47.8 Å². The van der Waals surface area contributed by atoms with Crippen molar-refractivity contribution in [2.45, 2.75) is 111 Å². The largest absolute Gasteiger partial charge is 0.103 e. The Morgan fingerprint density at radius 2 is 1.32 bits per heavy atom. The Bertz CT molecular complexity index is 415. The molecule has 0 spiro atoms. The minimum atomic E-state index is 1.16. The standard InChI is InChI=1S/C25H44/c1-7-9-11-12-19-25(20-14-13-16-22(3)4)24(18-10-8-2)21-15-17-23(5)6/h7,16H,1,5,8-15,17-21H2,2-4,6H3. The van der Waals surface area contributed by atoms with Crippen molar-refractivity contribution in [1.29, 1.82) is 0 Å². The van der Waals surface area contributed by atoms with Gasteiger partial charge in [-0.2, -0.15) is 0 Å². The molecule has 0 aliphatic heterocycles. The van der Waals surface area contributed by atoms with Gasteiger partial charge < -0.3 is 0 Å². The van der Waals surface area contributed by atoms with Crippen LogP contribution in [0.1, 0.15) is 111 Å². The molecule has 0 N–H and O–H groups in total. The van der Waals surface area contributed by atoms with E-state index in [-0.39, 0.29) is 0 Å². The Morgan fingerprint density at radius 1 is 0.720 bits per heavy atom. The van der Waals surface area contributed by atoms with E-state index in [2.05, 4.69) is 53.0 Å². The van der Waals surface area contributed by atoms with E-state index in [0.29, 0.717) is 0 Å². The second-order valence-electron chi connectivity index (χ2n) is 7.83. The van der Waals surface area contributed by atoms with E-state index < -0.39 is 0 Å². The highest BCUT2D eigenvalue weighted by molar-refractivity contribution is 5.15. The molecule has 25 heavy (non-hydrogen) atoms. The van der Waals surface area contributed by atoms with E-state index in [1.807, 2.05) is 0 Å². The van der Waals surface area contributed by atoms with Gasteiger partial charge in [0.25, 0.3) is 0 Å². The zero-order valence-corrected chi connectivity index (χ0v) is 17.8. The van der Waals surface area contributed by atoms with Crippen LogP contribution in [0.15, 0.2) is 47.6 Å². The second kappa shape index (κ2) is 16.4. The third-order valence-corrected chi connectivity index (χ3v) is 4.79. The number of allylic oxidation sites excluding steroid dienone is 6. The maximum atomic E-state index is 4.07. The monoisotopic (exact) mass is 344 g/mol. The quantitative estimate of drug-likeness (QED) is 0.193. The summed E-state index contributed by atoms with van der Waals surface area (Å²) >= 11 is 0. The molecule has 0 bridgehead atoms. The maximum absolute atomic E-state index is 4.07. The Labute approximate surface area is 159 Å². The molecular weight excluding hydrogens is 300 g/mol. The summed E-state index contributed by atoms with van der Waals surface area (Å²) < 4.78 is 0. The second-order valence-corrected chi connectivity index (χ2v) is 7.83. The summed E-state index contributed by atoms with van der Waals surface area (Å²) in [4.78, 5) is 0. The van der Waals surface area contributed by atoms with Gasteiger partial charge in [-0.3, -0.25) is 0 Å². The Morgan fingerprint density at radius 3 is 1.88 bits per heavy atom. The first-order valence-electron chi connectivity index (χ1n) is 10.6. The van der Waals surface area contributed by atoms with Gasteiger partial charge in [0.1, 0.15) is 0 Å². The van der Waals surface area contributed by atoms with Crippen LogP contribution in [0, 0.1) is 0 Å². The molecule has 0 aliphatic carbocycles. The van der Waals surface area contributed by atoms with Crippen LogP contribution in [0.4, 0.5) is 0 Å². The van der Waals surface area contributed by atoms with Crippen LogP contribution >= 0.6 is 0 Å². The number of hydrogen-bond donors (Lipinski definition) is 0. The van der Waals surface area contributed by atoms with Crippen LogP contribution in [0.3, 0.4) is 0 Å². The van der Waals surface area contributed by atoms with Crippen molar-refractivity contribution < 1.29 is 0 Å². The van der Waals surface area contributed by atoms with Gasteiger partial charge >= 0.3 is 0 Å². The first-order chi connectivity index (χ1) is 12.0. The molecule has 0 heteroatoms. The van der Waals surface area contributed by atoms with E-state index in [1.165, 1.54) is 88.2 Å². The van der Waals surface area contributed by atoms with E-state index in [4.69, 9.17) is 0 Å². The van der Waals surface area contributed by atoms with Crippen molar-refractivity contribution in [3.05, 3.63) is 47.6 Å². The lowest BCUT2D eigenvalue weighted by molar-refractivity contribution is 0.654. The minimum absolute atomic E-state index is 1.16. The van der Waals surface area contributed by atoms with Gasteiger partial charge in [-0.25, -0.2) is 0 Å². The SMILES string of the molecule is C=CCCCCC(CCCC=C(C)C)=C(CCCC)CCCC(=C)C. The van der Waals surface area contributed by atoms with Crippen LogP contribution in [0.25, 0.3) is 0 Å².